The molecule has 3 nitrogen and oxygen atoms in total. The van der Waals surface area contributed by atoms with Crippen molar-refractivity contribution in [3.8, 4) is 5.75 Å². The van der Waals surface area contributed by atoms with Gasteiger partial charge in [-0.1, -0.05) is 94.9 Å². The van der Waals surface area contributed by atoms with Gasteiger partial charge in [0, 0.05) is 11.1 Å². The molecule has 1 aromatic rings. The van der Waals surface area contributed by atoms with Crippen molar-refractivity contribution in [1.29, 1.82) is 0 Å². The molecule has 0 radical (unpaired) electrons. The van der Waals surface area contributed by atoms with Crippen LogP contribution >= 0.6 is 0 Å². The Morgan fingerprint density at radius 3 is 2.07 bits per heavy atom. The second-order valence-corrected chi connectivity index (χ2v) is 17.6. The maximum Gasteiger partial charge on any atom is 0.142 e. The van der Waals surface area contributed by atoms with Gasteiger partial charge in [0.05, 0.1) is 5.69 Å². The molecule has 0 aliphatic heterocycles. The molecule has 0 amide bonds. The number of rotatable bonds is 8. The third-order valence-electron chi connectivity index (χ3n) is 13.9. The summed E-state index contributed by atoms with van der Waals surface area (Å²) < 4.78 is 6.68. The highest BCUT2D eigenvalue weighted by molar-refractivity contribution is 5.60. The van der Waals surface area contributed by atoms with E-state index in [0.29, 0.717) is 28.1 Å². The Morgan fingerprint density at radius 1 is 0.791 bits per heavy atom. The molecule has 5 rings (SSSR count). The smallest absolute Gasteiger partial charge is 0.142 e. The number of hydrogen-bond donors (Lipinski definition) is 2. The van der Waals surface area contributed by atoms with Crippen LogP contribution in [0.3, 0.4) is 0 Å². The van der Waals surface area contributed by atoms with Crippen LogP contribution in [0.2, 0.25) is 0 Å². The van der Waals surface area contributed by atoms with Crippen molar-refractivity contribution < 1.29 is 4.74 Å². The molecule has 0 heterocycles. The zero-order valence-corrected chi connectivity index (χ0v) is 30.0. The molecule has 4 aliphatic carbocycles. The maximum atomic E-state index is 6.68. The number of anilines is 2. The van der Waals surface area contributed by atoms with Gasteiger partial charge in [-0.15, -0.1) is 0 Å². The van der Waals surface area contributed by atoms with Gasteiger partial charge in [-0.3, -0.25) is 0 Å². The van der Waals surface area contributed by atoms with Crippen LogP contribution in [0.25, 0.3) is 0 Å². The molecule has 9 atom stereocenters. The summed E-state index contributed by atoms with van der Waals surface area (Å²) in [6.07, 6.45) is 16.9. The first-order chi connectivity index (χ1) is 20.1. The molecule has 3 heteroatoms. The standard InChI is InChI=1S/C35H58N2O.C5H12/c1-22(2)9-8-10-23(3)26-13-14-27-25-12-16-31-33(4,5)32(38-30-15-11-24(36)21-29(30)37)18-20-35(31,7)28(25)17-19-34(26,27)6;1-4-5(2)3/h11,15,21-23,25-28,31-32H,8-10,12-14,16-20,36-37H2,1-7H3;5H,4H2,1-3H3. The summed E-state index contributed by atoms with van der Waals surface area (Å²) >= 11 is 0. The SMILES string of the molecule is CC(C)CCCC(C)C1CCC2C3CCC4C(C)(C)C(Oc5ccc(N)cc5N)CCC4(C)C3CCC12C.CCC(C)C. The number of ether oxygens (including phenoxy) is 1. The van der Waals surface area contributed by atoms with E-state index in [0.717, 1.165) is 53.6 Å². The van der Waals surface area contributed by atoms with Crippen molar-refractivity contribution in [2.75, 3.05) is 11.5 Å². The summed E-state index contributed by atoms with van der Waals surface area (Å²) in [7, 11) is 0. The Labute approximate surface area is 267 Å². The Hall–Kier alpha value is -1.38. The van der Waals surface area contributed by atoms with E-state index in [2.05, 4.69) is 69.2 Å². The molecular weight excluding hydrogens is 524 g/mol. The number of benzene rings is 1. The molecule has 4 fully saturated rings. The quantitative estimate of drug-likeness (QED) is 0.294. The fourth-order valence-corrected chi connectivity index (χ4v) is 11.1. The van der Waals surface area contributed by atoms with E-state index < -0.39 is 0 Å². The molecule has 9 unspecified atom stereocenters. The summed E-state index contributed by atoms with van der Waals surface area (Å²) in [5.41, 5.74) is 14.8. The summed E-state index contributed by atoms with van der Waals surface area (Å²) in [6.45, 7) is 24.4. The van der Waals surface area contributed by atoms with Crippen molar-refractivity contribution in [2.45, 2.75) is 152 Å². The first-order valence-corrected chi connectivity index (χ1v) is 18.5. The van der Waals surface area contributed by atoms with Crippen LogP contribution in [-0.4, -0.2) is 6.10 Å². The molecule has 4 N–H and O–H groups in total. The van der Waals surface area contributed by atoms with Gasteiger partial charge in [-0.2, -0.15) is 0 Å². The van der Waals surface area contributed by atoms with Crippen molar-refractivity contribution in [2.24, 2.45) is 63.6 Å². The Kier molecular flexibility index (Phi) is 10.9. The fourth-order valence-electron chi connectivity index (χ4n) is 11.1. The minimum absolute atomic E-state index is 0.135. The van der Waals surface area contributed by atoms with Gasteiger partial charge in [0.1, 0.15) is 11.9 Å². The lowest BCUT2D eigenvalue weighted by Crippen LogP contribution is -2.60. The monoisotopic (exact) mass is 595 g/mol. The van der Waals surface area contributed by atoms with E-state index >= 15 is 0 Å². The lowest BCUT2D eigenvalue weighted by molar-refractivity contribution is -0.174. The van der Waals surface area contributed by atoms with E-state index in [9.17, 15) is 0 Å². The van der Waals surface area contributed by atoms with Crippen LogP contribution in [0.4, 0.5) is 11.4 Å². The molecule has 43 heavy (non-hydrogen) atoms. The van der Waals surface area contributed by atoms with Gasteiger partial charge in [0.15, 0.2) is 0 Å². The average molecular weight is 595 g/mol. The number of fused-ring (bicyclic) bond motifs is 5. The van der Waals surface area contributed by atoms with Crippen LogP contribution in [0, 0.1) is 63.6 Å². The third kappa shape index (κ3) is 6.91. The van der Waals surface area contributed by atoms with Crippen molar-refractivity contribution in [3.05, 3.63) is 18.2 Å². The number of nitrogen functional groups attached to an aromatic ring is 2. The fraction of sp³-hybridized carbons (Fsp3) is 0.850. The van der Waals surface area contributed by atoms with E-state index in [-0.39, 0.29) is 11.5 Å². The van der Waals surface area contributed by atoms with Crippen LogP contribution in [0.5, 0.6) is 5.75 Å². The third-order valence-corrected chi connectivity index (χ3v) is 13.9. The maximum absolute atomic E-state index is 6.68. The van der Waals surface area contributed by atoms with Gasteiger partial charge in [-0.25, -0.2) is 0 Å². The Bertz CT molecular complexity index is 1050. The molecule has 0 saturated heterocycles. The zero-order chi connectivity index (χ0) is 31.7. The lowest BCUT2D eigenvalue weighted by atomic mass is 9.41. The highest BCUT2D eigenvalue weighted by atomic mass is 16.5. The topological polar surface area (TPSA) is 61.3 Å². The first-order valence-electron chi connectivity index (χ1n) is 18.5. The minimum Gasteiger partial charge on any atom is -0.488 e. The Morgan fingerprint density at radius 2 is 1.44 bits per heavy atom. The van der Waals surface area contributed by atoms with Crippen LogP contribution in [0.1, 0.15) is 146 Å². The lowest BCUT2D eigenvalue weighted by Gasteiger charge is -2.65. The van der Waals surface area contributed by atoms with Crippen LogP contribution in [-0.2, 0) is 0 Å². The predicted octanol–water partition coefficient (Wildman–Crippen LogP) is 11.4. The molecule has 4 aliphatic rings. The molecular formula is C40H70N2O. The largest absolute Gasteiger partial charge is 0.488 e. The van der Waals surface area contributed by atoms with Gasteiger partial charge in [0.25, 0.3) is 0 Å². The van der Waals surface area contributed by atoms with Gasteiger partial charge < -0.3 is 16.2 Å². The minimum atomic E-state index is 0.135. The van der Waals surface area contributed by atoms with Crippen LogP contribution in [0.15, 0.2) is 18.2 Å². The molecule has 1 aromatic carbocycles. The molecule has 4 saturated carbocycles. The molecule has 0 aromatic heterocycles. The van der Waals surface area contributed by atoms with Crippen molar-refractivity contribution >= 4 is 11.4 Å². The predicted molar refractivity (Wildman–Crippen MR) is 187 cm³/mol. The van der Waals surface area contributed by atoms with E-state index in [1.165, 1.54) is 70.6 Å². The zero-order valence-electron chi connectivity index (χ0n) is 30.0. The first kappa shape index (κ1) is 34.5. The highest BCUT2D eigenvalue weighted by Crippen LogP contribution is 2.70. The van der Waals surface area contributed by atoms with Crippen molar-refractivity contribution in [1.82, 2.24) is 0 Å². The molecule has 0 bridgehead atoms. The number of nitrogens with two attached hydrogens (primary N) is 2. The van der Waals surface area contributed by atoms with Crippen molar-refractivity contribution in [3.63, 3.8) is 0 Å². The highest BCUT2D eigenvalue weighted by Gasteiger charge is 2.63. The molecule has 0 spiro atoms. The van der Waals surface area contributed by atoms with Gasteiger partial charge in [-0.05, 0) is 128 Å². The van der Waals surface area contributed by atoms with E-state index in [1.807, 2.05) is 18.2 Å². The van der Waals surface area contributed by atoms with E-state index in [4.69, 9.17) is 16.2 Å². The van der Waals surface area contributed by atoms with E-state index in [1.54, 1.807) is 0 Å². The number of hydrogen-bond acceptors (Lipinski definition) is 3. The summed E-state index contributed by atoms with van der Waals surface area (Å²) in [5, 5.41) is 0. The van der Waals surface area contributed by atoms with Gasteiger partial charge >= 0.3 is 0 Å². The second-order valence-electron chi connectivity index (χ2n) is 17.6. The summed E-state index contributed by atoms with van der Waals surface area (Å²) in [4.78, 5) is 0. The summed E-state index contributed by atoms with van der Waals surface area (Å²) in [6, 6.07) is 5.71. The second kappa shape index (κ2) is 13.5. The Balaban J connectivity index is 0.000000782. The van der Waals surface area contributed by atoms with Crippen LogP contribution < -0.4 is 16.2 Å². The molecule has 246 valence electrons. The normalized spacial score (nSPS) is 37.1. The average Bonchev–Trinajstić information content (AvgIpc) is 3.29. The summed E-state index contributed by atoms with van der Waals surface area (Å²) in [5.74, 6) is 7.84. The van der Waals surface area contributed by atoms with Gasteiger partial charge in [0.2, 0.25) is 0 Å².